The van der Waals surface area contributed by atoms with Crippen LogP contribution in [0.1, 0.15) is 33.1 Å². The van der Waals surface area contributed by atoms with E-state index < -0.39 is 0 Å². The van der Waals surface area contributed by atoms with Gasteiger partial charge in [-0.15, -0.1) is 10.2 Å². The Labute approximate surface area is 207 Å². The van der Waals surface area contributed by atoms with E-state index in [9.17, 15) is 0 Å². The van der Waals surface area contributed by atoms with Crippen LogP contribution in [0.25, 0.3) is 11.5 Å². The Hall–Kier alpha value is -3.13. The molecule has 35 heavy (non-hydrogen) atoms. The summed E-state index contributed by atoms with van der Waals surface area (Å²) in [6.45, 7) is 12.2. The second kappa shape index (κ2) is 10.6. The van der Waals surface area contributed by atoms with Crippen LogP contribution in [0, 0.1) is 23.7 Å². The van der Waals surface area contributed by atoms with Crippen molar-refractivity contribution in [2.75, 3.05) is 37.6 Å². The molecule has 0 bridgehead atoms. The predicted molar refractivity (Wildman–Crippen MR) is 136 cm³/mol. The summed E-state index contributed by atoms with van der Waals surface area (Å²) >= 11 is 0. The highest BCUT2D eigenvalue weighted by atomic mass is 16.4. The summed E-state index contributed by atoms with van der Waals surface area (Å²) < 4.78 is 6.01. The van der Waals surface area contributed by atoms with Crippen molar-refractivity contribution >= 4 is 5.95 Å². The van der Waals surface area contributed by atoms with Crippen LogP contribution in [-0.2, 0) is 6.42 Å². The van der Waals surface area contributed by atoms with Gasteiger partial charge >= 0.3 is 0 Å². The molecule has 3 aromatic rings. The van der Waals surface area contributed by atoms with Crippen molar-refractivity contribution in [3.63, 3.8) is 0 Å². The SMILES string of the molecule is CC1=C[C@@H](CN2CCN(c3ncccn3)CC2)[C@H](C(C)C)C[C@H]1Cc1nnc(-c2ccncc2)o1. The molecule has 5 rings (SSSR count). The minimum absolute atomic E-state index is 0.441. The van der Waals surface area contributed by atoms with E-state index in [0.29, 0.717) is 29.6 Å². The van der Waals surface area contributed by atoms with Gasteiger partial charge < -0.3 is 9.32 Å². The normalized spacial score (nSPS) is 23.5. The topological polar surface area (TPSA) is 84.1 Å². The van der Waals surface area contributed by atoms with Gasteiger partial charge in [-0.3, -0.25) is 9.88 Å². The Morgan fingerprint density at radius 2 is 1.74 bits per heavy atom. The van der Waals surface area contributed by atoms with Crippen molar-refractivity contribution in [3.05, 3.63) is 60.5 Å². The molecule has 0 unspecified atom stereocenters. The van der Waals surface area contributed by atoms with E-state index in [1.165, 1.54) is 5.57 Å². The Bertz CT molecular complexity index is 1110. The second-order valence-corrected chi connectivity index (χ2v) is 10.2. The smallest absolute Gasteiger partial charge is 0.247 e. The molecule has 3 atom stereocenters. The average Bonchev–Trinajstić information content (AvgIpc) is 3.35. The molecule has 8 nitrogen and oxygen atoms in total. The van der Waals surface area contributed by atoms with Gasteiger partial charge in [0.2, 0.25) is 17.7 Å². The van der Waals surface area contributed by atoms with E-state index in [2.05, 4.69) is 61.8 Å². The van der Waals surface area contributed by atoms with Crippen LogP contribution in [0.15, 0.2) is 59.1 Å². The van der Waals surface area contributed by atoms with Gasteiger partial charge in [0.1, 0.15) is 0 Å². The third kappa shape index (κ3) is 5.59. The highest BCUT2D eigenvalue weighted by molar-refractivity contribution is 5.50. The molecule has 1 aliphatic carbocycles. The fraction of sp³-hybridized carbons (Fsp3) is 0.519. The summed E-state index contributed by atoms with van der Waals surface area (Å²) in [6, 6.07) is 5.67. The van der Waals surface area contributed by atoms with Crippen LogP contribution in [0.2, 0.25) is 0 Å². The summed E-state index contributed by atoms with van der Waals surface area (Å²) in [5.41, 5.74) is 2.36. The van der Waals surface area contributed by atoms with Gasteiger partial charge in [-0.1, -0.05) is 25.5 Å². The predicted octanol–water partition coefficient (Wildman–Crippen LogP) is 4.14. The van der Waals surface area contributed by atoms with E-state index in [4.69, 9.17) is 4.42 Å². The largest absolute Gasteiger partial charge is 0.421 e. The fourth-order valence-corrected chi connectivity index (χ4v) is 5.53. The molecule has 1 saturated heterocycles. The maximum absolute atomic E-state index is 6.01. The van der Waals surface area contributed by atoms with Crippen LogP contribution >= 0.6 is 0 Å². The molecule has 0 spiro atoms. The molecule has 8 heteroatoms. The molecule has 2 aliphatic rings. The quantitative estimate of drug-likeness (QED) is 0.474. The zero-order valence-electron chi connectivity index (χ0n) is 20.9. The maximum Gasteiger partial charge on any atom is 0.247 e. The number of pyridine rings is 1. The number of anilines is 1. The second-order valence-electron chi connectivity index (χ2n) is 10.2. The highest BCUT2D eigenvalue weighted by Gasteiger charge is 2.34. The molecule has 0 radical (unpaired) electrons. The third-order valence-corrected chi connectivity index (χ3v) is 7.58. The first-order chi connectivity index (χ1) is 17.1. The average molecular weight is 474 g/mol. The molecule has 0 amide bonds. The standard InChI is InChI=1S/C27H35N7O/c1-19(2)24-16-22(17-25-31-32-26(35-25)21-5-9-28-10-6-21)20(3)15-23(24)18-33-11-13-34(14-12-33)27-29-7-4-8-30-27/h4-10,15,19,22-24H,11-14,16-18H2,1-3H3/t22-,23-,24-/m0/s1. The van der Waals surface area contributed by atoms with Crippen molar-refractivity contribution in [3.8, 4) is 11.5 Å². The minimum Gasteiger partial charge on any atom is -0.421 e. The van der Waals surface area contributed by atoms with E-state index in [1.54, 1.807) is 12.4 Å². The zero-order chi connectivity index (χ0) is 24.2. The number of aromatic nitrogens is 5. The summed E-state index contributed by atoms with van der Waals surface area (Å²) in [5.74, 6) is 4.41. The van der Waals surface area contributed by atoms with E-state index in [-0.39, 0.29) is 0 Å². The molecule has 184 valence electrons. The van der Waals surface area contributed by atoms with Crippen molar-refractivity contribution in [2.45, 2.75) is 33.6 Å². The van der Waals surface area contributed by atoms with E-state index in [0.717, 1.165) is 63.0 Å². The molecule has 0 saturated carbocycles. The van der Waals surface area contributed by atoms with Crippen LogP contribution < -0.4 is 4.90 Å². The summed E-state index contributed by atoms with van der Waals surface area (Å²) in [6.07, 6.45) is 11.6. The maximum atomic E-state index is 6.01. The first kappa shape index (κ1) is 23.6. The lowest BCUT2D eigenvalue weighted by atomic mass is 9.69. The Kier molecular flexibility index (Phi) is 7.18. The van der Waals surface area contributed by atoms with Gasteiger partial charge in [-0.05, 0) is 55.2 Å². The lowest BCUT2D eigenvalue weighted by molar-refractivity contribution is 0.154. The van der Waals surface area contributed by atoms with E-state index in [1.807, 2.05) is 30.6 Å². The van der Waals surface area contributed by atoms with Crippen LogP contribution in [0.4, 0.5) is 5.95 Å². The molecule has 1 aliphatic heterocycles. The monoisotopic (exact) mass is 473 g/mol. The van der Waals surface area contributed by atoms with Gasteiger partial charge in [-0.25, -0.2) is 9.97 Å². The summed E-state index contributed by atoms with van der Waals surface area (Å²) in [7, 11) is 0. The number of nitrogens with zero attached hydrogens (tertiary/aromatic N) is 7. The molecular formula is C27H35N7O. The van der Waals surface area contributed by atoms with Crippen molar-refractivity contribution < 1.29 is 4.42 Å². The first-order valence-electron chi connectivity index (χ1n) is 12.7. The lowest BCUT2D eigenvalue weighted by Crippen LogP contribution is -2.49. The number of piperazine rings is 1. The Morgan fingerprint density at radius 3 is 2.46 bits per heavy atom. The van der Waals surface area contributed by atoms with Gasteiger partial charge in [-0.2, -0.15) is 0 Å². The zero-order valence-corrected chi connectivity index (χ0v) is 20.9. The molecule has 0 N–H and O–H groups in total. The number of allylic oxidation sites excluding steroid dienone is 1. The van der Waals surface area contributed by atoms with Gasteiger partial charge in [0.15, 0.2) is 0 Å². The number of hydrogen-bond donors (Lipinski definition) is 0. The molecule has 3 aromatic heterocycles. The van der Waals surface area contributed by atoms with E-state index >= 15 is 0 Å². The van der Waals surface area contributed by atoms with Gasteiger partial charge in [0, 0.05) is 69.5 Å². The van der Waals surface area contributed by atoms with Gasteiger partial charge in [0.25, 0.3) is 0 Å². The molecular weight excluding hydrogens is 438 g/mol. The van der Waals surface area contributed by atoms with Crippen LogP contribution in [-0.4, -0.2) is 62.8 Å². The van der Waals surface area contributed by atoms with Crippen molar-refractivity contribution in [1.29, 1.82) is 0 Å². The fourth-order valence-electron chi connectivity index (χ4n) is 5.53. The van der Waals surface area contributed by atoms with Crippen molar-refractivity contribution in [1.82, 2.24) is 30.0 Å². The number of rotatable bonds is 7. The van der Waals surface area contributed by atoms with Crippen LogP contribution in [0.5, 0.6) is 0 Å². The van der Waals surface area contributed by atoms with Crippen molar-refractivity contribution in [2.24, 2.45) is 23.7 Å². The summed E-state index contributed by atoms with van der Waals surface area (Å²) in [5, 5.41) is 8.62. The first-order valence-corrected chi connectivity index (χ1v) is 12.7. The Balaban J connectivity index is 1.22. The number of hydrogen-bond acceptors (Lipinski definition) is 8. The summed E-state index contributed by atoms with van der Waals surface area (Å²) in [4.78, 5) is 17.8. The highest BCUT2D eigenvalue weighted by Crippen LogP contribution is 2.39. The minimum atomic E-state index is 0.441. The molecule has 0 aromatic carbocycles. The molecule has 4 heterocycles. The third-order valence-electron chi connectivity index (χ3n) is 7.58. The molecule has 1 fully saturated rings. The van der Waals surface area contributed by atoms with Crippen LogP contribution in [0.3, 0.4) is 0 Å². The lowest BCUT2D eigenvalue weighted by Gasteiger charge is -2.41. The van der Waals surface area contributed by atoms with Gasteiger partial charge in [0.05, 0.1) is 0 Å². The Morgan fingerprint density at radius 1 is 1.00 bits per heavy atom.